The van der Waals surface area contributed by atoms with Crippen molar-refractivity contribution in [2.45, 2.75) is 58.9 Å². The van der Waals surface area contributed by atoms with E-state index in [0.717, 1.165) is 25.5 Å². The molecule has 1 atom stereocenters. The number of guanidine groups is 1. The molecule has 0 aromatic carbocycles. The van der Waals surface area contributed by atoms with Crippen LogP contribution in [-0.2, 0) is 6.42 Å². The highest BCUT2D eigenvalue weighted by atomic mass is 32.1. The van der Waals surface area contributed by atoms with Crippen molar-refractivity contribution in [1.82, 2.24) is 20.5 Å². The molecule has 1 aromatic rings. The number of likely N-dealkylation sites (tertiary alicyclic amines) is 1. The maximum absolute atomic E-state index is 4.42. The van der Waals surface area contributed by atoms with Crippen molar-refractivity contribution >= 4 is 17.3 Å². The number of nitrogens with zero attached hydrogens (tertiary/aromatic N) is 3. The Labute approximate surface area is 157 Å². The number of rotatable bonds is 7. The second-order valence-electron chi connectivity index (χ2n) is 7.26. The minimum atomic E-state index is 0.568. The number of hydrogen-bond donors (Lipinski definition) is 2. The van der Waals surface area contributed by atoms with Gasteiger partial charge in [-0.15, -0.1) is 11.3 Å². The standard InChI is InChI=1S/C19H35N5S/c1-15(2)17(24-11-7-5-6-8-12-24)14-23-19(20-4)21-10-9-18-22-13-16(3)25-18/h13,15,17H,5-12,14H2,1-4H3,(H2,20,21,23). The Hall–Kier alpha value is -1.14. The molecule has 1 aliphatic heterocycles. The molecule has 0 radical (unpaired) electrons. The van der Waals surface area contributed by atoms with Crippen LogP contribution in [0.15, 0.2) is 11.2 Å². The summed E-state index contributed by atoms with van der Waals surface area (Å²) in [4.78, 5) is 12.7. The van der Waals surface area contributed by atoms with Crippen LogP contribution in [0.2, 0.25) is 0 Å². The van der Waals surface area contributed by atoms with Crippen LogP contribution in [0.3, 0.4) is 0 Å². The van der Waals surface area contributed by atoms with Crippen LogP contribution in [0.5, 0.6) is 0 Å². The highest BCUT2D eigenvalue weighted by molar-refractivity contribution is 7.11. The van der Waals surface area contributed by atoms with Crippen LogP contribution >= 0.6 is 11.3 Å². The van der Waals surface area contributed by atoms with Gasteiger partial charge in [-0.1, -0.05) is 26.7 Å². The molecule has 1 aliphatic rings. The normalized spacial score (nSPS) is 18.2. The van der Waals surface area contributed by atoms with E-state index in [1.54, 1.807) is 11.3 Å². The molecule has 5 nitrogen and oxygen atoms in total. The lowest BCUT2D eigenvalue weighted by atomic mass is 10.0. The van der Waals surface area contributed by atoms with E-state index in [-0.39, 0.29) is 0 Å². The second-order valence-corrected chi connectivity index (χ2v) is 8.58. The zero-order chi connectivity index (χ0) is 18.1. The van der Waals surface area contributed by atoms with Crippen molar-refractivity contribution in [1.29, 1.82) is 0 Å². The number of aromatic nitrogens is 1. The van der Waals surface area contributed by atoms with Crippen LogP contribution in [0.25, 0.3) is 0 Å². The van der Waals surface area contributed by atoms with Gasteiger partial charge in [0, 0.05) is 43.7 Å². The third kappa shape index (κ3) is 6.94. The quantitative estimate of drug-likeness (QED) is 0.576. The molecule has 0 saturated carbocycles. The first kappa shape index (κ1) is 20.2. The summed E-state index contributed by atoms with van der Waals surface area (Å²) >= 11 is 1.77. The van der Waals surface area contributed by atoms with Crippen LogP contribution in [0.4, 0.5) is 0 Å². The molecule has 25 heavy (non-hydrogen) atoms. The maximum atomic E-state index is 4.42. The molecule has 1 saturated heterocycles. The number of aryl methyl sites for hydroxylation is 1. The Morgan fingerprint density at radius 1 is 1.24 bits per heavy atom. The second kappa shape index (κ2) is 10.8. The van der Waals surface area contributed by atoms with Crippen molar-refractivity contribution in [3.05, 3.63) is 16.1 Å². The molecule has 142 valence electrons. The number of hydrogen-bond acceptors (Lipinski definition) is 4. The van der Waals surface area contributed by atoms with Gasteiger partial charge < -0.3 is 10.6 Å². The van der Waals surface area contributed by atoms with Crippen molar-refractivity contribution in [2.75, 3.05) is 33.2 Å². The van der Waals surface area contributed by atoms with Gasteiger partial charge in [0.2, 0.25) is 0 Å². The van der Waals surface area contributed by atoms with Crippen molar-refractivity contribution in [3.63, 3.8) is 0 Å². The molecular formula is C19H35N5S. The summed E-state index contributed by atoms with van der Waals surface area (Å²) in [5.74, 6) is 1.54. The van der Waals surface area contributed by atoms with E-state index in [9.17, 15) is 0 Å². The molecular weight excluding hydrogens is 330 g/mol. The fourth-order valence-electron chi connectivity index (χ4n) is 3.44. The minimum absolute atomic E-state index is 0.568. The van der Waals surface area contributed by atoms with Gasteiger partial charge in [-0.05, 0) is 38.8 Å². The van der Waals surface area contributed by atoms with E-state index >= 15 is 0 Å². The van der Waals surface area contributed by atoms with Crippen LogP contribution in [-0.4, -0.2) is 55.1 Å². The zero-order valence-corrected chi connectivity index (χ0v) is 17.2. The monoisotopic (exact) mass is 365 g/mol. The summed E-state index contributed by atoms with van der Waals surface area (Å²) in [5.41, 5.74) is 0. The Kier molecular flexibility index (Phi) is 8.68. The van der Waals surface area contributed by atoms with Crippen LogP contribution in [0.1, 0.15) is 49.4 Å². The largest absolute Gasteiger partial charge is 0.356 e. The highest BCUT2D eigenvalue weighted by Crippen LogP contribution is 2.17. The lowest BCUT2D eigenvalue weighted by molar-refractivity contribution is 0.161. The molecule has 0 amide bonds. The Morgan fingerprint density at radius 2 is 1.96 bits per heavy atom. The predicted octanol–water partition coefficient (Wildman–Crippen LogP) is 3.06. The fourth-order valence-corrected chi connectivity index (χ4v) is 4.23. The molecule has 1 aromatic heterocycles. The third-order valence-electron chi connectivity index (χ3n) is 4.88. The lowest BCUT2D eigenvalue weighted by Gasteiger charge is -2.34. The highest BCUT2D eigenvalue weighted by Gasteiger charge is 2.22. The Morgan fingerprint density at radius 3 is 2.52 bits per heavy atom. The van der Waals surface area contributed by atoms with Gasteiger partial charge in [0.25, 0.3) is 0 Å². The number of aliphatic imine (C=N–C) groups is 1. The van der Waals surface area contributed by atoms with Gasteiger partial charge in [0.05, 0.1) is 5.01 Å². The van der Waals surface area contributed by atoms with Gasteiger partial charge in [-0.25, -0.2) is 4.98 Å². The topological polar surface area (TPSA) is 52.6 Å². The summed E-state index contributed by atoms with van der Waals surface area (Å²) < 4.78 is 0. The van der Waals surface area contributed by atoms with Gasteiger partial charge in [-0.2, -0.15) is 0 Å². The molecule has 2 N–H and O–H groups in total. The molecule has 2 rings (SSSR count). The van der Waals surface area contributed by atoms with Gasteiger partial charge in [0.15, 0.2) is 5.96 Å². The third-order valence-corrected chi connectivity index (χ3v) is 5.85. The van der Waals surface area contributed by atoms with E-state index in [1.165, 1.54) is 48.7 Å². The Balaban J connectivity index is 1.78. The molecule has 0 bridgehead atoms. The number of nitrogens with one attached hydrogen (secondary N) is 2. The fraction of sp³-hybridized carbons (Fsp3) is 0.789. The lowest BCUT2D eigenvalue weighted by Crippen LogP contribution is -2.50. The summed E-state index contributed by atoms with van der Waals surface area (Å²) in [6.07, 6.45) is 8.33. The molecule has 2 heterocycles. The van der Waals surface area contributed by atoms with Crippen molar-refractivity contribution in [2.24, 2.45) is 10.9 Å². The molecule has 1 fully saturated rings. The first-order chi connectivity index (χ1) is 12.1. The average Bonchev–Trinajstić information content (AvgIpc) is 2.84. The van der Waals surface area contributed by atoms with Crippen LogP contribution in [0, 0.1) is 12.8 Å². The summed E-state index contributed by atoms with van der Waals surface area (Å²) in [5, 5.41) is 8.15. The summed E-state index contributed by atoms with van der Waals surface area (Å²) in [6, 6.07) is 0.568. The van der Waals surface area contributed by atoms with Crippen LogP contribution < -0.4 is 10.6 Å². The van der Waals surface area contributed by atoms with E-state index in [1.807, 2.05) is 13.2 Å². The zero-order valence-electron chi connectivity index (χ0n) is 16.3. The SMILES string of the molecule is CN=C(NCCc1ncc(C)s1)NCC(C(C)C)N1CCCCCC1. The van der Waals surface area contributed by atoms with E-state index < -0.39 is 0 Å². The van der Waals surface area contributed by atoms with Gasteiger partial charge >= 0.3 is 0 Å². The molecule has 6 heteroatoms. The molecule has 1 unspecified atom stereocenters. The first-order valence-electron chi connectivity index (χ1n) is 9.70. The minimum Gasteiger partial charge on any atom is -0.356 e. The Bertz CT molecular complexity index is 518. The van der Waals surface area contributed by atoms with Gasteiger partial charge in [0.1, 0.15) is 0 Å². The first-order valence-corrected chi connectivity index (χ1v) is 10.5. The number of thiazole rings is 1. The molecule has 0 spiro atoms. The van der Waals surface area contributed by atoms with E-state index in [0.29, 0.717) is 12.0 Å². The smallest absolute Gasteiger partial charge is 0.191 e. The van der Waals surface area contributed by atoms with E-state index in [4.69, 9.17) is 0 Å². The molecule has 0 aliphatic carbocycles. The maximum Gasteiger partial charge on any atom is 0.191 e. The summed E-state index contributed by atoms with van der Waals surface area (Å²) in [7, 11) is 1.85. The van der Waals surface area contributed by atoms with Crippen molar-refractivity contribution < 1.29 is 0 Å². The van der Waals surface area contributed by atoms with E-state index in [2.05, 4.69) is 46.3 Å². The van der Waals surface area contributed by atoms with Gasteiger partial charge in [-0.3, -0.25) is 9.89 Å². The van der Waals surface area contributed by atoms with Crippen molar-refractivity contribution in [3.8, 4) is 0 Å². The summed E-state index contributed by atoms with van der Waals surface area (Å²) in [6.45, 7) is 11.1. The predicted molar refractivity (Wildman–Crippen MR) is 109 cm³/mol. The average molecular weight is 366 g/mol.